The van der Waals surface area contributed by atoms with Crippen LogP contribution in [0.2, 0.25) is 0 Å². The van der Waals surface area contributed by atoms with E-state index >= 15 is 0 Å². The SMILES string of the molecule is Cc1cc(C)cc(C2=C(NC3C/C(=C(/OI)C(C)(C)C)C3C(C)(C)C)c3cc(C)cc(C)c3C(C)(C)C(C)C(c3c(C)cccc3C)=N2)c1. The van der Waals surface area contributed by atoms with E-state index in [1.165, 1.54) is 55.6 Å². The third-order valence-corrected chi connectivity index (χ3v) is 11.6. The van der Waals surface area contributed by atoms with E-state index in [0.717, 1.165) is 34.8 Å². The van der Waals surface area contributed by atoms with E-state index in [-0.39, 0.29) is 28.2 Å². The van der Waals surface area contributed by atoms with E-state index in [1.54, 1.807) is 0 Å². The van der Waals surface area contributed by atoms with E-state index in [0.29, 0.717) is 5.92 Å². The summed E-state index contributed by atoms with van der Waals surface area (Å²) in [7, 11) is 0. The van der Waals surface area contributed by atoms with Gasteiger partial charge in [0.15, 0.2) is 23.0 Å². The molecule has 1 N–H and O–H groups in total. The maximum Gasteiger partial charge on any atom is 0.192 e. The Morgan fingerprint density at radius 2 is 1.41 bits per heavy atom. The molecule has 1 saturated carbocycles. The summed E-state index contributed by atoms with van der Waals surface area (Å²) in [4.78, 5) is 5.90. The van der Waals surface area contributed by atoms with Crippen LogP contribution in [0, 0.1) is 64.2 Å². The fraction of sp³-hybridized carbons (Fsp3) is 0.489. The van der Waals surface area contributed by atoms with Crippen molar-refractivity contribution in [2.45, 2.75) is 122 Å². The Morgan fingerprint density at radius 1 is 0.837 bits per heavy atom. The number of nitrogens with zero attached hydrogens (tertiary/aromatic N) is 1. The molecule has 49 heavy (non-hydrogen) atoms. The van der Waals surface area contributed by atoms with Crippen molar-refractivity contribution in [1.29, 1.82) is 0 Å². The van der Waals surface area contributed by atoms with Crippen molar-refractivity contribution < 1.29 is 3.07 Å². The summed E-state index contributed by atoms with van der Waals surface area (Å²) in [5, 5.41) is 4.27. The minimum atomic E-state index is -0.190. The number of hydrogen-bond donors (Lipinski definition) is 1. The highest BCUT2D eigenvalue weighted by atomic mass is 127. The molecule has 0 spiro atoms. The van der Waals surface area contributed by atoms with Crippen LogP contribution in [0.1, 0.15) is 124 Å². The predicted octanol–water partition coefficient (Wildman–Crippen LogP) is 12.5. The number of halogens is 1. The lowest BCUT2D eigenvalue weighted by atomic mass is 9.59. The van der Waals surface area contributed by atoms with Crippen LogP contribution in [0.15, 0.2) is 64.9 Å². The number of rotatable bonds is 5. The fourth-order valence-electron chi connectivity index (χ4n) is 8.83. The van der Waals surface area contributed by atoms with Crippen LogP contribution in [0.4, 0.5) is 0 Å². The fourth-order valence-corrected chi connectivity index (χ4v) is 9.77. The number of fused-ring (bicyclic) bond motifs is 1. The molecule has 2 aliphatic rings. The summed E-state index contributed by atoms with van der Waals surface area (Å²) >= 11 is 2.09. The Bertz CT molecular complexity index is 1830. The molecule has 1 aliphatic carbocycles. The average molecular weight is 771 g/mol. The van der Waals surface area contributed by atoms with Crippen LogP contribution < -0.4 is 5.32 Å². The molecule has 3 atom stereocenters. The molecular weight excluding hydrogens is 711 g/mol. The second kappa shape index (κ2) is 13.4. The summed E-state index contributed by atoms with van der Waals surface area (Å²) in [6.07, 6.45) is 0.939. The van der Waals surface area contributed by atoms with Crippen LogP contribution in [0.5, 0.6) is 0 Å². The normalized spacial score (nSPS) is 22.0. The van der Waals surface area contributed by atoms with Crippen molar-refractivity contribution in [2.24, 2.45) is 27.7 Å². The Hall–Kier alpha value is -2.86. The van der Waals surface area contributed by atoms with Gasteiger partial charge in [0.2, 0.25) is 0 Å². The van der Waals surface area contributed by atoms with Crippen LogP contribution in [0.3, 0.4) is 0 Å². The topological polar surface area (TPSA) is 33.6 Å². The first kappa shape index (κ1) is 37.4. The summed E-state index contributed by atoms with van der Waals surface area (Å²) in [5.74, 6) is 1.58. The lowest BCUT2D eigenvalue weighted by molar-refractivity contribution is 0.150. The van der Waals surface area contributed by atoms with Gasteiger partial charge in [0.25, 0.3) is 0 Å². The minimum Gasteiger partial charge on any atom is -0.432 e. The van der Waals surface area contributed by atoms with Crippen molar-refractivity contribution >= 4 is 40.1 Å². The van der Waals surface area contributed by atoms with Gasteiger partial charge in [-0.1, -0.05) is 109 Å². The zero-order chi connectivity index (χ0) is 36.4. The first-order valence-electron chi connectivity index (χ1n) is 18.1. The molecule has 0 amide bonds. The predicted molar refractivity (Wildman–Crippen MR) is 219 cm³/mol. The third-order valence-electron chi connectivity index (χ3n) is 11.1. The van der Waals surface area contributed by atoms with Gasteiger partial charge in [-0.15, -0.1) is 0 Å². The summed E-state index contributed by atoms with van der Waals surface area (Å²) in [6, 6.07) is 18.6. The van der Waals surface area contributed by atoms with E-state index in [4.69, 9.17) is 8.06 Å². The first-order chi connectivity index (χ1) is 22.7. The van der Waals surface area contributed by atoms with Crippen LogP contribution in [-0.2, 0) is 8.48 Å². The van der Waals surface area contributed by atoms with Crippen LogP contribution >= 0.6 is 23.0 Å². The van der Waals surface area contributed by atoms with Crippen molar-refractivity contribution in [3.63, 3.8) is 0 Å². The molecule has 262 valence electrons. The Labute approximate surface area is 311 Å². The third kappa shape index (κ3) is 7.05. The second-order valence-electron chi connectivity index (χ2n) is 17.8. The van der Waals surface area contributed by atoms with E-state index in [2.05, 4.69) is 181 Å². The Morgan fingerprint density at radius 3 is 1.94 bits per heavy atom. The summed E-state index contributed by atoms with van der Waals surface area (Å²) < 4.78 is 6.14. The molecular formula is C45H59IN2O. The lowest BCUT2D eigenvalue weighted by Gasteiger charge is -2.50. The maximum absolute atomic E-state index is 6.14. The first-order valence-corrected chi connectivity index (χ1v) is 18.9. The minimum absolute atomic E-state index is 0.0327. The highest BCUT2D eigenvalue weighted by Gasteiger charge is 2.48. The van der Waals surface area contributed by atoms with E-state index in [9.17, 15) is 0 Å². The van der Waals surface area contributed by atoms with E-state index in [1.807, 2.05) is 0 Å². The van der Waals surface area contributed by atoms with Crippen molar-refractivity contribution in [3.05, 3.63) is 115 Å². The second-order valence-corrected chi connectivity index (χ2v) is 18.2. The quantitative estimate of drug-likeness (QED) is 0.207. The number of allylic oxidation sites excluding steroid dienone is 1. The molecule has 0 radical (unpaired) electrons. The largest absolute Gasteiger partial charge is 0.432 e. The lowest BCUT2D eigenvalue weighted by Crippen LogP contribution is -2.52. The maximum atomic E-state index is 6.14. The van der Waals surface area contributed by atoms with Gasteiger partial charge in [0.05, 0.1) is 17.1 Å². The molecule has 3 aromatic rings. The van der Waals surface area contributed by atoms with Gasteiger partial charge in [-0.25, -0.2) is 4.99 Å². The molecule has 3 nitrogen and oxygen atoms in total. The molecule has 1 aliphatic heterocycles. The van der Waals surface area contributed by atoms with Gasteiger partial charge in [-0.2, -0.15) is 0 Å². The number of aryl methyl sites for hydroxylation is 6. The molecule has 3 unspecified atom stereocenters. The standard InChI is InChI=1S/C45H59IN2O/c1-25-19-26(2)22-32(21-25)40-41(47-35-24-34(38(35)43(8,9)10)42(49-46)44(11,12)13)33-23-27(3)20-30(6)37(33)45(14,15)31(7)39(48-40)36-28(4)17-16-18-29(36)5/h16-23,31,35,38,47H,24H2,1-15H3/b41-40?,42-34-,48-39?. The highest BCUT2D eigenvalue weighted by molar-refractivity contribution is 14.1. The molecule has 3 aromatic carbocycles. The zero-order valence-electron chi connectivity index (χ0n) is 32.8. The van der Waals surface area contributed by atoms with Gasteiger partial charge in [0.1, 0.15) is 5.76 Å². The summed E-state index contributed by atoms with van der Waals surface area (Å²) in [6.45, 7) is 34.6. The van der Waals surface area contributed by atoms with Gasteiger partial charge in [0, 0.05) is 40.0 Å². The van der Waals surface area contributed by atoms with Crippen LogP contribution in [0.25, 0.3) is 11.4 Å². The highest BCUT2D eigenvalue weighted by Crippen LogP contribution is 2.52. The van der Waals surface area contributed by atoms with Gasteiger partial charge in [-0.3, -0.25) is 0 Å². The van der Waals surface area contributed by atoms with Crippen LogP contribution in [-0.4, -0.2) is 11.8 Å². The Balaban J connectivity index is 1.92. The number of nitrogens with one attached hydrogen (secondary N) is 1. The smallest absolute Gasteiger partial charge is 0.192 e. The molecule has 0 aromatic heterocycles. The number of aliphatic imine (C=N–C) groups is 1. The molecule has 4 heteroatoms. The molecule has 0 saturated heterocycles. The van der Waals surface area contributed by atoms with Gasteiger partial charge >= 0.3 is 0 Å². The molecule has 0 bridgehead atoms. The monoisotopic (exact) mass is 770 g/mol. The number of hydrogen-bond acceptors (Lipinski definition) is 3. The Kier molecular flexibility index (Phi) is 10.2. The van der Waals surface area contributed by atoms with Gasteiger partial charge in [-0.05, 0) is 105 Å². The number of benzene rings is 3. The van der Waals surface area contributed by atoms with E-state index < -0.39 is 0 Å². The zero-order valence-corrected chi connectivity index (χ0v) is 34.9. The average Bonchev–Trinajstić information content (AvgIpc) is 2.93. The molecule has 1 heterocycles. The molecule has 1 fully saturated rings. The summed E-state index contributed by atoms with van der Waals surface area (Å²) in [5.41, 5.74) is 17.3. The van der Waals surface area contributed by atoms with Gasteiger partial charge < -0.3 is 8.38 Å². The molecule has 5 rings (SSSR count). The van der Waals surface area contributed by atoms with Crippen molar-refractivity contribution in [1.82, 2.24) is 5.32 Å². The van der Waals surface area contributed by atoms with Crippen molar-refractivity contribution in [2.75, 3.05) is 0 Å². The van der Waals surface area contributed by atoms with Crippen molar-refractivity contribution in [3.8, 4) is 0 Å².